The van der Waals surface area contributed by atoms with Gasteiger partial charge in [-0.05, 0) is 60.9 Å². The van der Waals surface area contributed by atoms with E-state index in [2.05, 4.69) is 11.1 Å². The van der Waals surface area contributed by atoms with Gasteiger partial charge in [-0.1, -0.05) is 53.6 Å². The predicted octanol–water partition coefficient (Wildman–Crippen LogP) is 5.94. The van der Waals surface area contributed by atoms with Gasteiger partial charge in [-0.15, -0.1) is 0 Å². The van der Waals surface area contributed by atoms with Gasteiger partial charge in [0.25, 0.3) is 11.7 Å². The molecule has 1 aliphatic rings. The number of aryl methyl sites for hydroxylation is 2. The molecular weight excluding hydrogens is 514 g/mol. The number of carbonyl (C=O) groups excluding carboxylic acids is 2. The van der Waals surface area contributed by atoms with Crippen LogP contribution in [0.4, 0.5) is 0 Å². The molecule has 0 bridgehead atoms. The van der Waals surface area contributed by atoms with E-state index in [0.29, 0.717) is 48.0 Å². The molecule has 0 unspecified atom stereocenters. The maximum atomic E-state index is 13.3. The number of nitrogens with zero attached hydrogens (tertiary/aromatic N) is 3. The quantitative estimate of drug-likeness (QED) is 0.161. The van der Waals surface area contributed by atoms with Crippen LogP contribution in [0.3, 0.4) is 0 Å². The molecule has 7 nitrogen and oxygen atoms in total. The lowest BCUT2D eigenvalue weighted by molar-refractivity contribution is -0.139. The Kier molecular flexibility index (Phi) is 7.79. The Balaban J connectivity index is 1.41. The molecular formula is C31H28ClN3O4. The van der Waals surface area contributed by atoms with Crippen molar-refractivity contribution in [2.75, 3.05) is 6.54 Å². The molecule has 0 aliphatic carbocycles. The van der Waals surface area contributed by atoms with Crippen LogP contribution >= 0.6 is 11.6 Å². The van der Waals surface area contributed by atoms with Gasteiger partial charge in [0.1, 0.15) is 18.1 Å². The summed E-state index contributed by atoms with van der Waals surface area (Å²) in [5.41, 5.74) is 3.38. The SMILES string of the molecule is Cc1cccc(COc2ccc(/C(O)=C3\C(=O)C(=O)N(CCCn4ccnc4)[C@@H]3c3ccc(Cl)cc3)cc2)c1. The zero-order chi connectivity index (χ0) is 27.4. The average Bonchev–Trinajstić information content (AvgIpc) is 3.55. The van der Waals surface area contributed by atoms with Gasteiger partial charge in [0.05, 0.1) is 17.9 Å². The lowest BCUT2D eigenvalue weighted by Gasteiger charge is -2.25. The summed E-state index contributed by atoms with van der Waals surface area (Å²) in [7, 11) is 0. The maximum Gasteiger partial charge on any atom is 0.295 e. The molecule has 4 aromatic rings. The summed E-state index contributed by atoms with van der Waals surface area (Å²) < 4.78 is 7.81. The number of imidazole rings is 1. The van der Waals surface area contributed by atoms with Crippen molar-refractivity contribution >= 4 is 29.1 Å². The number of ketones is 1. The summed E-state index contributed by atoms with van der Waals surface area (Å²) in [5, 5.41) is 11.9. The molecule has 39 heavy (non-hydrogen) atoms. The normalized spacial score (nSPS) is 16.6. The predicted molar refractivity (Wildman–Crippen MR) is 149 cm³/mol. The van der Waals surface area contributed by atoms with E-state index in [4.69, 9.17) is 16.3 Å². The van der Waals surface area contributed by atoms with Crippen LogP contribution in [-0.4, -0.2) is 37.8 Å². The first kappa shape index (κ1) is 26.3. The molecule has 198 valence electrons. The van der Waals surface area contributed by atoms with Gasteiger partial charge in [-0.3, -0.25) is 9.59 Å². The van der Waals surface area contributed by atoms with E-state index in [0.717, 1.165) is 11.1 Å². The fourth-order valence-corrected chi connectivity index (χ4v) is 4.90. The van der Waals surface area contributed by atoms with Crippen molar-refractivity contribution in [3.8, 4) is 5.75 Å². The number of aliphatic hydroxyl groups excluding tert-OH is 1. The van der Waals surface area contributed by atoms with Crippen molar-refractivity contribution in [1.29, 1.82) is 0 Å². The monoisotopic (exact) mass is 541 g/mol. The highest BCUT2D eigenvalue weighted by atomic mass is 35.5. The Morgan fingerprint density at radius 2 is 1.79 bits per heavy atom. The zero-order valence-electron chi connectivity index (χ0n) is 21.5. The van der Waals surface area contributed by atoms with Crippen molar-refractivity contribution in [2.45, 2.75) is 32.5 Å². The van der Waals surface area contributed by atoms with E-state index in [1.165, 1.54) is 4.90 Å². The van der Waals surface area contributed by atoms with Crippen molar-refractivity contribution in [3.63, 3.8) is 0 Å². The molecule has 1 aliphatic heterocycles. The zero-order valence-corrected chi connectivity index (χ0v) is 22.2. The summed E-state index contributed by atoms with van der Waals surface area (Å²) in [6.45, 7) is 3.41. The van der Waals surface area contributed by atoms with Gasteiger partial charge in [0.15, 0.2) is 0 Å². The lowest BCUT2D eigenvalue weighted by atomic mass is 9.95. The highest BCUT2D eigenvalue weighted by Gasteiger charge is 2.45. The van der Waals surface area contributed by atoms with Crippen LogP contribution in [0.2, 0.25) is 5.02 Å². The van der Waals surface area contributed by atoms with Crippen LogP contribution in [0.15, 0.2) is 97.1 Å². The molecule has 1 amide bonds. The third kappa shape index (κ3) is 5.89. The molecule has 3 aromatic carbocycles. The van der Waals surface area contributed by atoms with Gasteiger partial charge in [-0.2, -0.15) is 0 Å². The summed E-state index contributed by atoms with van der Waals surface area (Å²) in [6.07, 6.45) is 5.86. The number of rotatable bonds is 9. The number of amides is 1. The largest absolute Gasteiger partial charge is 0.507 e. The molecule has 1 saturated heterocycles. The van der Waals surface area contributed by atoms with Crippen molar-refractivity contribution < 1.29 is 19.4 Å². The third-order valence-corrected chi connectivity index (χ3v) is 6.97. The molecule has 8 heteroatoms. The van der Waals surface area contributed by atoms with Gasteiger partial charge < -0.3 is 19.3 Å². The minimum Gasteiger partial charge on any atom is -0.507 e. The molecule has 0 spiro atoms. The third-order valence-electron chi connectivity index (χ3n) is 6.72. The first-order valence-corrected chi connectivity index (χ1v) is 13.1. The first-order valence-electron chi connectivity index (χ1n) is 12.7. The van der Waals surface area contributed by atoms with E-state index in [9.17, 15) is 14.7 Å². The number of benzene rings is 3. The first-order chi connectivity index (χ1) is 18.9. The second-order valence-corrected chi connectivity index (χ2v) is 9.94. The number of aliphatic hydroxyl groups is 1. The Hall–Kier alpha value is -4.36. The molecule has 2 heterocycles. The van der Waals surface area contributed by atoms with E-state index >= 15 is 0 Å². The van der Waals surface area contributed by atoms with Crippen LogP contribution in [-0.2, 0) is 22.7 Å². The fourth-order valence-electron chi connectivity index (χ4n) is 4.78. The Morgan fingerprint density at radius 3 is 2.49 bits per heavy atom. The van der Waals surface area contributed by atoms with E-state index in [-0.39, 0.29) is 11.3 Å². The molecule has 0 radical (unpaired) electrons. The minimum absolute atomic E-state index is 0.0541. The lowest BCUT2D eigenvalue weighted by Crippen LogP contribution is -2.31. The summed E-state index contributed by atoms with van der Waals surface area (Å²) >= 11 is 6.11. The number of ether oxygens (including phenoxy) is 1. The highest BCUT2D eigenvalue weighted by molar-refractivity contribution is 6.46. The number of carbonyl (C=O) groups is 2. The molecule has 0 saturated carbocycles. The van der Waals surface area contributed by atoms with Gasteiger partial charge in [0, 0.05) is 36.1 Å². The topological polar surface area (TPSA) is 84.7 Å². The summed E-state index contributed by atoms with van der Waals surface area (Å²) in [5.74, 6) is -0.951. The van der Waals surface area contributed by atoms with E-state index < -0.39 is 17.7 Å². The van der Waals surface area contributed by atoms with Crippen LogP contribution < -0.4 is 4.74 Å². The summed E-state index contributed by atoms with van der Waals surface area (Å²) in [6, 6.07) is 21.2. The van der Waals surface area contributed by atoms with Gasteiger partial charge in [-0.25, -0.2) is 4.98 Å². The average molecular weight is 542 g/mol. The van der Waals surface area contributed by atoms with E-state index in [1.54, 1.807) is 61.1 Å². The molecule has 1 N–H and O–H groups in total. The van der Waals surface area contributed by atoms with Gasteiger partial charge >= 0.3 is 0 Å². The highest BCUT2D eigenvalue weighted by Crippen LogP contribution is 2.40. The van der Waals surface area contributed by atoms with Crippen molar-refractivity contribution in [1.82, 2.24) is 14.5 Å². The Labute approximate surface area is 231 Å². The smallest absolute Gasteiger partial charge is 0.295 e. The second kappa shape index (κ2) is 11.6. The second-order valence-electron chi connectivity index (χ2n) is 9.50. The standard InChI is InChI=1S/C31H28ClN3O4/c1-21-4-2-5-22(18-21)19-39-26-12-8-24(9-13-26)29(36)27-28(23-6-10-25(32)11-7-23)35(31(38)30(27)37)16-3-15-34-17-14-33-20-34/h2,4-14,17-18,20,28,36H,3,15-16,19H2,1H3/b29-27+/t28-/m1/s1. The maximum absolute atomic E-state index is 13.3. The van der Waals surface area contributed by atoms with Crippen LogP contribution in [0.5, 0.6) is 5.75 Å². The molecule has 5 rings (SSSR count). The minimum atomic E-state index is -0.734. The molecule has 1 fully saturated rings. The number of aromatic nitrogens is 2. The number of Topliss-reactive ketones (excluding diaryl/α,β-unsaturated/α-hetero) is 1. The molecule has 1 atom stereocenters. The number of hydrogen-bond donors (Lipinski definition) is 1. The van der Waals surface area contributed by atoms with Crippen LogP contribution in [0.1, 0.15) is 34.7 Å². The summed E-state index contributed by atoms with van der Waals surface area (Å²) in [4.78, 5) is 32.0. The van der Waals surface area contributed by atoms with Gasteiger partial charge in [0.2, 0.25) is 0 Å². The fraction of sp³-hybridized carbons (Fsp3) is 0.194. The van der Waals surface area contributed by atoms with Crippen molar-refractivity contribution in [3.05, 3.63) is 124 Å². The van der Waals surface area contributed by atoms with Crippen molar-refractivity contribution in [2.24, 2.45) is 0 Å². The van der Waals surface area contributed by atoms with E-state index in [1.807, 2.05) is 35.9 Å². The number of hydrogen-bond acceptors (Lipinski definition) is 5. The van der Waals surface area contributed by atoms with Crippen LogP contribution in [0.25, 0.3) is 5.76 Å². The number of likely N-dealkylation sites (tertiary alicyclic amines) is 1. The number of halogens is 1. The van der Waals surface area contributed by atoms with Crippen LogP contribution in [0, 0.1) is 6.92 Å². The Morgan fingerprint density at radius 1 is 1.03 bits per heavy atom. The Bertz CT molecular complexity index is 1500. The molecule has 1 aromatic heterocycles.